The molecule has 2 aromatic carbocycles. The van der Waals surface area contributed by atoms with E-state index in [-0.39, 0.29) is 33.6 Å². The fraction of sp³-hybridized carbons (Fsp3) is 0.387. The molecule has 236 valence electrons. The van der Waals surface area contributed by atoms with Gasteiger partial charge in [-0.1, -0.05) is 11.6 Å². The number of aliphatic hydroxyl groups is 1. The van der Waals surface area contributed by atoms with Crippen LogP contribution in [0.25, 0.3) is 11.0 Å². The molecule has 0 aliphatic carbocycles. The molecule has 4 atom stereocenters. The van der Waals surface area contributed by atoms with Crippen LogP contribution in [-0.4, -0.2) is 64.6 Å². The number of hydrogen-bond acceptors (Lipinski definition) is 11. The van der Waals surface area contributed by atoms with Gasteiger partial charge in [0.15, 0.2) is 23.6 Å². The lowest BCUT2D eigenvalue weighted by atomic mass is 9.89. The van der Waals surface area contributed by atoms with Crippen LogP contribution in [-0.2, 0) is 20.6 Å². The highest BCUT2D eigenvalue weighted by molar-refractivity contribution is 6.06. The molecule has 0 radical (unpaired) electrons. The minimum Gasteiger partial charge on any atom is -0.508 e. The summed E-state index contributed by atoms with van der Waals surface area (Å²) >= 11 is 0. The van der Waals surface area contributed by atoms with E-state index in [1.165, 1.54) is 37.4 Å². The van der Waals surface area contributed by atoms with Crippen molar-refractivity contribution in [3.8, 4) is 17.2 Å². The molecule has 0 saturated carbocycles. The second-order valence-electron chi connectivity index (χ2n) is 11.2. The SMILES string of the molecule is CO[C@H]1[C@@H](OC(N)=O)[C@@H](O)[C@H](Oc2ccc3c(O)c(NC(=O)c4ccc(O)c(CC=C(C)C)c4)c(=O)oc3c2C)OC1(C)C. The average molecular weight is 613 g/mol. The number of fused-ring (bicyclic) bond motifs is 1. The molecule has 3 aromatic rings. The number of nitrogens with one attached hydrogen (secondary N) is 1. The van der Waals surface area contributed by atoms with Gasteiger partial charge >= 0.3 is 11.7 Å². The highest BCUT2D eigenvalue weighted by atomic mass is 16.7. The maximum atomic E-state index is 13.0. The summed E-state index contributed by atoms with van der Waals surface area (Å²) < 4.78 is 27.9. The number of amides is 2. The Bertz CT molecular complexity index is 1670. The van der Waals surface area contributed by atoms with E-state index in [1.54, 1.807) is 20.8 Å². The lowest BCUT2D eigenvalue weighted by Gasteiger charge is -2.47. The van der Waals surface area contributed by atoms with E-state index in [0.29, 0.717) is 12.0 Å². The molecule has 4 rings (SSSR count). The van der Waals surface area contributed by atoms with Crippen molar-refractivity contribution in [3.05, 3.63) is 69.1 Å². The summed E-state index contributed by atoms with van der Waals surface area (Å²) in [5, 5.41) is 34.6. The molecule has 13 nitrogen and oxygen atoms in total. The maximum absolute atomic E-state index is 13.0. The standard InChI is InChI=1S/C31H36N2O11/c1-14(2)7-8-16-13-17(9-11-19(16)34)27(37)33-21-22(35)18-10-12-20(15(3)24(18)42-28(21)38)41-29-23(36)25(43-30(32)39)26(40-6)31(4,5)44-29/h7,9-13,23,25-26,29,34-36H,8H2,1-6H3,(H2,32,39)(H,33,37)/t23-,25+,26+,29-/m1/s1. The van der Waals surface area contributed by atoms with E-state index in [0.717, 1.165) is 5.57 Å². The Kier molecular flexibility index (Phi) is 9.23. The van der Waals surface area contributed by atoms with Gasteiger partial charge in [-0.05, 0) is 76.9 Å². The van der Waals surface area contributed by atoms with Crippen LogP contribution in [0.2, 0.25) is 0 Å². The minimum absolute atomic E-state index is 0.0183. The fourth-order valence-electron chi connectivity index (χ4n) is 5.06. The van der Waals surface area contributed by atoms with Gasteiger partial charge in [0.1, 0.15) is 23.2 Å². The molecule has 13 heteroatoms. The van der Waals surface area contributed by atoms with E-state index >= 15 is 0 Å². The van der Waals surface area contributed by atoms with Gasteiger partial charge in [0, 0.05) is 18.2 Å². The summed E-state index contributed by atoms with van der Waals surface area (Å²) in [7, 11) is 1.37. The number of hydrogen-bond donors (Lipinski definition) is 5. The smallest absolute Gasteiger partial charge is 0.404 e. The number of ether oxygens (including phenoxy) is 4. The fourth-order valence-corrected chi connectivity index (χ4v) is 5.06. The number of aryl methyl sites for hydroxylation is 1. The number of methoxy groups -OCH3 is 1. The number of carbonyl (C=O) groups is 2. The first kappa shape index (κ1) is 32.3. The molecule has 0 spiro atoms. The van der Waals surface area contributed by atoms with Gasteiger partial charge in [-0.25, -0.2) is 9.59 Å². The second-order valence-corrected chi connectivity index (χ2v) is 11.2. The summed E-state index contributed by atoms with van der Waals surface area (Å²) in [4.78, 5) is 37.5. The quantitative estimate of drug-likeness (QED) is 0.184. The predicted molar refractivity (Wildman–Crippen MR) is 159 cm³/mol. The number of rotatable bonds is 8. The molecule has 0 bridgehead atoms. The van der Waals surface area contributed by atoms with Crippen LogP contribution in [0, 0.1) is 6.92 Å². The number of anilines is 1. The predicted octanol–water partition coefficient (Wildman–Crippen LogP) is 3.63. The van der Waals surface area contributed by atoms with Gasteiger partial charge in [0.2, 0.25) is 6.29 Å². The van der Waals surface area contributed by atoms with Crippen LogP contribution in [0.15, 0.2) is 51.2 Å². The molecular formula is C31H36N2O11. The third-order valence-electron chi connectivity index (χ3n) is 7.33. The number of allylic oxidation sites excluding steroid dienone is 2. The number of aliphatic hydroxyl groups excluding tert-OH is 1. The van der Waals surface area contributed by atoms with Crippen LogP contribution in [0.1, 0.15) is 49.2 Å². The van der Waals surface area contributed by atoms with Crippen molar-refractivity contribution in [2.24, 2.45) is 5.73 Å². The molecule has 2 amide bonds. The van der Waals surface area contributed by atoms with Gasteiger partial charge in [0.05, 0.1) is 11.0 Å². The number of phenols is 1. The number of nitrogens with two attached hydrogens (primary N) is 1. The Morgan fingerprint density at radius 2 is 1.86 bits per heavy atom. The Hall–Kier alpha value is -4.59. The van der Waals surface area contributed by atoms with Crippen LogP contribution in [0.4, 0.5) is 10.5 Å². The molecule has 1 aliphatic heterocycles. The zero-order valence-corrected chi connectivity index (χ0v) is 25.2. The number of aromatic hydroxyl groups is 2. The van der Waals surface area contributed by atoms with Crippen molar-refractivity contribution >= 4 is 28.7 Å². The lowest BCUT2D eigenvalue weighted by molar-refractivity contribution is -0.304. The van der Waals surface area contributed by atoms with E-state index in [4.69, 9.17) is 29.1 Å². The minimum atomic E-state index is -1.52. The maximum Gasteiger partial charge on any atom is 0.404 e. The summed E-state index contributed by atoms with van der Waals surface area (Å²) in [6.45, 7) is 8.69. The molecule has 1 aromatic heterocycles. The summed E-state index contributed by atoms with van der Waals surface area (Å²) in [6.07, 6.45) is -3.81. The summed E-state index contributed by atoms with van der Waals surface area (Å²) in [5.41, 5.74) is 4.54. The third kappa shape index (κ3) is 6.49. The van der Waals surface area contributed by atoms with Crippen LogP contribution >= 0.6 is 0 Å². The molecule has 44 heavy (non-hydrogen) atoms. The van der Waals surface area contributed by atoms with Crippen molar-refractivity contribution < 1.29 is 48.3 Å². The largest absolute Gasteiger partial charge is 0.508 e. The Morgan fingerprint density at radius 3 is 2.50 bits per heavy atom. The molecule has 1 saturated heterocycles. The molecular weight excluding hydrogens is 576 g/mol. The lowest BCUT2D eigenvalue weighted by Crippen LogP contribution is -2.65. The van der Waals surface area contributed by atoms with Gasteiger partial charge in [-0.2, -0.15) is 0 Å². The highest BCUT2D eigenvalue weighted by Crippen LogP contribution is 2.38. The third-order valence-corrected chi connectivity index (χ3v) is 7.33. The van der Waals surface area contributed by atoms with Gasteiger partial charge in [-0.15, -0.1) is 0 Å². The van der Waals surface area contributed by atoms with E-state index in [2.05, 4.69) is 5.32 Å². The molecule has 6 N–H and O–H groups in total. The zero-order chi connectivity index (χ0) is 32.5. The zero-order valence-electron chi connectivity index (χ0n) is 25.2. The highest BCUT2D eigenvalue weighted by Gasteiger charge is 2.53. The number of primary amides is 1. The Morgan fingerprint density at radius 1 is 1.16 bits per heavy atom. The monoisotopic (exact) mass is 612 g/mol. The second kappa shape index (κ2) is 12.6. The van der Waals surface area contributed by atoms with Crippen molar-refractivity contribution in [1.82, 2.24) is 0 Å². The number of phenolic OH excluding ortho intramolecular Hbond substituents is 1. The van der Waals surface area contributed by atoms with Gasteiger partial charge < -0.3 is 49.7 Å². The topological polar surface area (TPSA) is 200 Å². The Labute approximate surface area is 252 Å². The first-order chi connectivity index (χ1) is 20.6. The van der Waals surface area contributed by atoms with Crippen molar-refractivity contribution in [2.45, 2.75) is 71.2 Å². The van der Waals surface area contributed by atoms with Crippen LogP contribution in [0.3, 0.4) is 0 Å². The molecule has 2 heterocycles. The average Bonchev–Trinajstić information content (AvgIpc) is 2.94. The number of benzene rings is 2. The van der Waals surface area contributed by atoms with Crippen LogP contribution in [0.5, 0.6) is 17.2 Å². The molecule has 0 unspecified atom stereocenters. The van der Waals surface area contributed by atoms with Crippen molar-refractivity contribution in [3.63, 3.8) is 0 Å². The van der Waals surface area contributed by atoms with Crippen molar-refractivity contribution in [1.29, 1.82) is 0 Å². The van der Waals surface area contributed by atoms with Gasteiger partial charge in [-0.3, -0.25) is 4.79 Å². The first-order valence-electron chi connectivity index (χ1n) is 13.7. The molecule has 1 fully saturated rings. The van der Waals surface area contributed by atoms with E-state index in [9.17, 15) is 29.7 Å². The van der Waals surface area contributed by atoms with Crippen molar-refractivity contribution in [2.75, 3.05) is 12.4 Å². The number of carbonyl (C=O) groups excluding carboxylic acids is 2. The first-order valence-corrected chi connectivity index (χ1v) is 13.7. The Balaban J connectivity index is 1.63. The van der Waals surface area contributed by atoms with Crippen LogP contribution < -0.4 is 21.4 Å². The summed E-state index contributed by atoms with van der Waals surface area (Å²) in [5.74, 6) is -1.09. The van der Waals surface area contributed by atoms with E-state index < -0.39 is 59.3 Å². The molecule has 1 aliphatic rings. The normalized spacial score (nSPS) is 21.0. The van der Waals surface area contributed by atoms with Gasteiger partial charge in [0.25, 0.3) is 5.91 Å². The summed E-state index contributed by atoms with van der Waals surface area (Å²) in [6, 6.07) is 7.12. The van der Waals surface area contributed by atoms with E-state index in [1.807, 2.05) is 19.9 Å².